The van der Waals surface area contributed by atoms with Gasteiger partial charge in [-0.2, -0.15) is 5.10 Å². The average Bonchev–Trinajstić information content (AvgIpc) is 3.02. The molecule has 2 aromatic heterocycles. The second kappa shape index (κ2) is 7.16. The van der Waals surface area contributed by atoms with Crippen molar-refractivity contribution in [3.63, 3.8) is 0 Å². The molecule has 0 unspecified atom stereocenters. The first kappa shape index (κ1) is 15.4. The van der Waals surface area contributed by atoms with Crippen molar-refractivity contribution in [1.82, 2.24) is 20.4 Å². The lowest BCUT2D eigenvalue weighted by molar-refractivity contribution is 0.102. The molecule has 1 aromatic carbocycles. The summed E-state index contributed by atoms with van der Waals surface area (Å²) in [5, 5.41) is 16.8. The summed E-state index contributed by atoms with van der Waals surface area (Å²) >= 11 is 2.84. The molecule has 0 radical (unpaired) electrons. The van der Waals surface area contributed by atoms with Crippen molar-refractivity contribution in [3.8, 4) is 0 Å². The van der Waals surface area contributed by atoms with Crippen LogP contribution in [0.1, 0.15) is 16.1 Å². The maximum atomic E-state index is 12.0. The highest BCUT2D eigenvalue weighted by molar-refractivity contribution is 8.00. The van der Waals surface area contributed by atoms with Crippen LogP contribution in [0.3, 0.4) is 0 Å². The molecule has 1 amide bonds. The zero-order chi connectivity index (χ0) is 16.1. The maximum Gasteiger partial charge on any atom is 0.277 e. The van der Waals surface area contributed by atoms with Gasteiger partial charge in [-0.05, 0) is 11.6 Å². The first-order valence-electron chi connectivity index (χ1n) is 6.58. The number of hydrogen-bond acceptors (Lipinski definition) is 7. The van der Waals surface area contributed by atoms with Crippen molar-refractivity contribution in [2.45, 2.75) is 10.1 Å². The van der Waals surface area contributed by atoms with Crippen LogP contribution in [0.5, 0.6) is 0 Å². The van der Waals surface area contributed by atoms with Gasteiger partial charge in [0, 0.05) is 11.8 Å². The van der Waals surface area contributed by atoms with E-state index >= 15 is 0 Å². The molecular formula is C14H11N5O2S2. The predicted octanol–water partition coefficient (Wildman–Crippen LogP) is 2.17. The van der Waals surface area contributed by atoms with Crippen LogP contribution in [0, 0.1) is 0 Å². The van der Waals surface area contributed by atoms with Crippen LogP contribution in [0.15, 0.2) is 51.6 Å². The zero-order valence-electron chi connectivity index (χ0n) is 11.7. The third-order valence-electron chi connectivity index (χ3n) is 2.74. The van der Waals surface area contributed by atoms with Crippen LogP contribution in [-0.2, 0) is 5.75 Å². The van der Waals surface area contributed by atoms with Gasteiger partial charge in [-0.25, -0.2) is 5.10 Å². The third kappa shape index (κ3) is 4.24. The third-order valence-corrected chi connectivity index (χ3v) is 4.79. The highest BCUT2D eigenvalue weighted by atomic mass is 32.2. The van der Waals surface area contributed by atoms with Crippen molar-refractivity contribution < 1.29 is 4.79 Å². The van der Waals surface area contributed by atoms with Gasteiger partial charge in [0.1, 0.15) is 5.69 Å². The molecule has 9 heteroatoms. The largest absolute Gasteiger partial charge is 0.295 e. The first-order valence-corrected chi connectivity index (χ1v) is 8.38. The van der Waals surface area contributed by atoms with Gasteiger partial charge >= 0.3 is 0 Å². The fraction of sp³-hybridized carbons (Fsp3) is 0.0714. The lowest BCUT2D eigenvalue weighted by Crippen LogP contribution is -2.17. The summed E-state index contributed by atoms with van der Waals surface area (Å²) in [7, 11) is 0. The number of nitrogens with one attached hydrogen (secondary N) is 2. The highest BCUT2D eigenvalue weighted by Gasteiger charge is 2.12. The molecule has 2 heterocycles. The molecule has 0 aliphatic rings. The Hall–Kier alpha value is -2.52. The van der Waals surface area contributed by atoms with Gasteiger partial charge in [-0.1, -0.05) is 53.4 Å². The van der Waals surface area contributed by atoms with E-state index in [0.717, 1.165) is 10.1 Å². The monoisotopic (exact) mass is 345 g/mol. The molecule has 3 rings (SSSR count). The number of aromatic amines is 1. The number of nitrogens with zero attached hydrogens (tertiary/aromatic N) is 3. The first-order chi connectivity index (χ1) is 11.2. The summed E-state index contributed by atoms with van der Waals surface area (Å²) in [4.78, 5) is 22.9. The molecule has 0 fully saturated rings. The minimum absolute atomic E-state index is 0.110. The molecule has 116 valence electrons. The van der Waals surface area contributed by atoms with Gasteiger partial charge in [0.25, 0.3) is 11.5 Å². The maximum absolute atomic E-state index is 12.0. The number of carbonyl (C=O) groups excluding carboxylic acids is 1. The quantitative estimate of drug-likeness (QED) is 0.543. The van der Waals surface area contributed by atoms with E-state index in [1.807, 2.05) is 30.3 Å². The van der Waals surface area contributed by atoms with E-state index in [4.69, 9.17) is 0 Å². The van der Waals surface area contributed by atoms with E-state index in [1.54, 1.807) is 11.8 Å². The number of rotatable bonds is 5. The van der Waals surface area contributed by atoms with Crippen molar-refractivity contribution in [3.05, 3.63) is 64.1 Å². The number of thioether (sulfide) groups is 1. The summed E-state index contributed by atoms with van der Waals surface area (Å²) < 4.78 is 0.763. The summed E-state index contributed by atoms with van der Waals surface area (Å²) in [5.74, 6) is 0.335. The fourth-order valence-corrected chi connectivity index (χ4v) is 3.37. The van der Waals surface area contributed by atoms with Gasteiger partial charge < -0.3 is 0 Å². The fourth-order valence-electron chi connectivity index (χ4n) is 1.67. The molecule has 0 aliphatic carbocycles. The van der Waals surface area contributed by atoms with E-state index < -0.39 is 5.91 Å². The summed E-state index contributed by atoms with van der Waals surface area (Å²) in [6, 6.07) is 12.6. The van der Waals surface area contributed by atoms with Gasteiger partial charge in [0.05, 0.1) is 0 Å². The molecule has 0 aliphatic heterocycles. The Bertz CT molecular complexity index is 842. The Kier molecular flexibility index (Phi) is 4.79. The lowest BCUT2D eigenvalue weighted by atomic mass is 10.2. The Morgan fingerprint density at radius 2 is 2.00 bits per heavy atom. The van der Waals surface area contributed by atoms with Crippen molar-refractivity contribution in [2.75, 3.05) is 5.32 Å². The van der Waals surface area contributed by atoms with Crippen LogP contribution < -0.4 is 10.9 Å². The van der Waals surface area contributed by atoms with E-state index in [1.165, 1.54) is 29.0 Å². The van der Waals surface area contributed by atoms with E-state index in [2.05, 4.69) is 25.7 Å². The topological polar surface area (TPSA) is 101 Å². The molecule has 7 nitrogen and oxygen atoms in total. The van der Waals surface area contributed by atoms with Crippen molar-refractivity contribution in [1.29, 1.82) is 0 Å². The average molecular weight is 345 g/mol. The number of anilines is 1. The van der Waals surface area contributed by atoms with Crippen LogP contribution >= 0.6 is 23.1 Å². The summed E-state index contributed by atoms with van der Waals surface area (Å²) in [6.07, 6.45) is 0. The van der Waals surface area contributed by atoms with Gasteiger partial charge in [-0.3, -0.25) is 14.9 Å². The minimum Gasteiger partial charge on any atom is -0.295 e. The number of benzene rings is 1. The van der Waals surface area contributed by atoms with Crippen LogP contribution in [0.25, 0.3) is 0 Å². The second-order valence-corrected chi connectivity index (χ2v) is 6.61. The van der Waals surface area contributed by atoms with Crippen LogP contribution in [-0.4, -0.2) is 26.3 Å². The Labute approximate surface area is 139 Å². The molecule has 3 aromatic rings. The summed E-state index contributed by atoms with van der Waals surface area (Å²) in [6.45, 7) is 0. The Morgan fingerprint density at radius 1 is 1.17 bits per heavy atom. The van der Waals surface area contributed by atoms with E-state index in [0.29, 0.717) is 5.13 Å². The molecular weight excluding hydrogens is 334 g/mol. The smallest absolute Gasteiger partial charge is 0.277 e. The minimum atomic E-state index is -0.447. The summed E-state index contributed by atoms with van der Waals surface area (Å²) in [5.41, 5.74) is 0.936. The number of H-pyrrole nitrogens is 1. The Balaban J connectivity index is 1.59. The number of hydrogen-bond donors (Lipinski definition) is 2. The molecule has 2 N–H and O–H groups in total. The number of aromatic nitrogens is 4. The zero-order valence-corrected chi connectivity index (χ0v) is 13.4. The number of amides is 1. The van der Waals surface area contributed by atoms with Crippen LogP contribution in [0.4, 0.5) is 5.13 Å². The molecule has 0 spiro atoms. The van der Waals surface area contributed by atoms with Gasteiger partial charge in [0.2, 0.25) is 5.13 Å². The Morgan fingerprint density at radius 3 is 2.74 bits per heavy atom. The van der Waals surface area contributed by atoms with Crippen LogP contribution in [0.2, 0.25) is 0 Å². The van der Waals surface area contributed by atoms with Gasteiger partial charge in [-0.15, -0.1) is 10.2 Å². The second-order valence-electron chi connectivity index (χ2n) is 4.41. The number of carbonyl (C=O) groups is 1. The highest BCUT2D eigenvalue weighted by Crippen LogP contribution is 2.28. The van der Waals surface area contributed by atoms with E-state index in [9.17, 15) is 9.59 Å². The van der Waals surface area contributed by atoms with Crippen molar-refractivity contribution in [2.24, 2.45) is 0 Å². The molecule has 23 heavy (non-hydrogen) atoms. The van der Waals surface area contributed by atoms with Crippen molar-refractivity contribution >= 4 is 34.1 Å². The SMILES string of the molecule is O=C(Nc1nnc(SCc2ccccc2)s1)c1ccc(=O)[nH]n1. The molecule has 0 saturated carbocycles. The normalized spacial score (nSPS) is 10.4. The lowest BCUT2D eigenvalue weighted by Gasteiger charge is -1.98. The molecule has 0 bridgehead atoms. The van der Waals surface area contributed by atoms with E-state index in [-0.39, 0.29) is 11.3 Å². The standard InChI is InChI=1S/C14H11N5O2S2/c20-11-7-6-10(16-17-11)12(21)15-13-18-19-14(23-13)22-8-9-4-2-1-3-5-9/h1-7H,8H2,(H,17,20)(H,15,18,21). The van der Waals surface area contributed by atoms with Gasteiger partial charge in [0.15, 0.2) is 4.34 Å². The molecule has 0 atom stereocenters. The predicted molar refractivity (Wildman–Crippen MR) is 88.7 cm³/mol. The molecule has 0 saturated heterocycles.